The zero-order chi connectivity index (χ0) is 16.8. The molecule has 7 nitrogen and oxygen atoms in total. The summed E-state index contributed by atoms with van der Waals surface area (Å²) in [4.78, 5) is 18.4. The maximum absolute atomic E-state index is 12.4. The van der Waals surface area contributed by atoms with E-state index in [0.29, 0.717) is 18.9 Å². The van der Waals surface area contributed by atoms with Crippen LogP contribution in [0.3, 0.4) is 0 Å². The predicted octanol–water partition coefficient (Wildman–Crippen LogP) is 1.51. The number of carbonyl (C=O) groups is 1. The third-order valence-electron chi connectivity index (χ3n) is 3.93. The summed E-state index contributed by atoms with van der Waals surface area (Å²) < 4.78 is 7.77. The molecule has 1 aliphatic heterocycles. The van der Waals surface area contributed by atoms with Gasteiger partial charge in [-0.3, -0.25) is 9.78 Å². The Balaban J connectivity index is 1.46. The topological polar surface area (TPSA) is 73.1 Å². The van der Waals surface area contributed by atoms with E-state index in [2.05, 4.69) is 15.2 Å². The Morgan fingerprint density at radius 2 is 2.42 bits per heavy atom. The van der Waals surface area contributed by atoms with Gasteiger partial charge in [-0.25, -0.2) is 0 Å². The van der Waals surface area contributed by atoms with Crippen LogP contribution >= 0.6 is 11.8 Å². The number of ether oxygens (including phenoxy) is 1. The summed E-state index contributed by atoms with van der Waals surface area (Å²) in [6, 6.07) is 3.90. The van der Waals surface area contributed by atoms with Gasteiger partial charge in [0.25, 0.3) is 0 Å². The summed E-state index contributed by atoms with van der Waals surface area (Å²) in [6.07, 6.45) is 7.24. The minimum Gasteiger partial charge on any atom is -0.372 e. The van der Waals surface area contributed by atoms with Crippen molar-refractivity contribution in [1.82, 2.24) is 24.6 Å². The van der Waals surface area contributed by atoms with Crippen LogP contribution in [0.5, 0.6) is 0 Å². The zero-order valence-electron chi connectivity index (χ0n) is 13.7. The summed E-state index contributed by atoms with van der Waals surface area (Å²) >= 11 is 1.42. The highest BCUT2D eigenvalue weighted by Crippen LogP contribution is 2.18. The molecule has 0 bridgehead atoms. The molecule has 24 heavy (non-hydrogen) atoms. The van der Waals surface area contributed by atoms with Crippen molar-refractivity contribution in [2.45, 2.75) is 30.7 Å². The molecule has 2 aromatic heterocycles. The first-order chi connectivity index (χ1) is 11.7. The van der Waals surface area contributed by atoms with Crippen molar-refractivity contribution in [2.24, 2.45) is 7.05 Å². The number of rotatable bonds is 6. The maximum atomic E-state index is 12.4. The molecule has 1 amide bonds. The summed E-state index contributed by atoms with van der Waals surface area (Å²) in [7, 11) is 1.87. The van der Waals surface area contributed by atoms with E-state index in [1.807, 2.05) is 34.8 Å². The lowest BCUT2D eigenvalue weighted by atomic mass is 10.1. The van der Waals surface area contributed by atoms with E-state index in [0.717, 1.165) is 30.1 Å². The second-order valence-electron chi connectivity index (χ2n) is 5.79. The normalized spacial score (nSPS) is 17.9. The molecule has 0 N–H and O–H groups in total. The van der Waals surface area contributed by atoms with E-state index in [-0.39, 0.29) is 12.0 Å². The number of aromatic nitrogens is 4. The maximum Gasteiger partial charge on any atom is 0.233 e. The number of carbonyl (C=O) groups excluding carboxylic acids is 1. The van der Waals surface area contributed by atoms with Gasteiger partial charge in [0.15, 0.2) is 5.16 Å². The van der Waals surface area contributed by atoms with Crippen molar-refractivity contribution in [1.29, 1.82) is 0 Å². The molecule has 0 saturated carbocycles. The molecule has 0 aliphatic carbocycles. The van der Waals surface area contributed by atoms with Crippen LogP contribution in [0.2, 0.25) is 0 Å². The number of thioether (sulfide) groups is 1. The van der Waals surface area contributed by atoms with E-state index in [9.17, 15) is 4.79 Å². The van der Waals surface area contributed by atoms with E-state index in [1.54, 1.807) is 12.5 Å². The van der Waals surface area contributed by atoms with Gasteiger partial charge in [0.2, 0.25) is 5.91 Å². The van der Waals surface area contributed by atoms with Crippen LogP contribution in [-0.2, 0) is 23.2 Å². The van der Waals surface area contributed by atoms with Crippen LogP contribution in [-0.4, -0.2) is 55.5 Å². The molecule has 1 atom stereocenters. The van der Waals surface area contributed by atoms with Crippen LogP contribution in [0.25, 0.3) is 0 Å². The number of aryl methyl sites for hydroxylation is 1. The van der Waals surface area contributed by atoms with Gasteiger partial charge >= 0.3 is 0 Å². The third kappa shape index (κ3) is 4.55. The molecular formula is C16H21N5O2S. The van der Waals surface area contributed by atoms with E-state index < -0.39 is 0 Å². The Kier molecular flexibility index (Phi) is 5.81. The number of hydrogen-bond acceptors (Lipinski definition) is 6. The van der Waals surface area contributed by atoms with Gasteiger partial charge in [-0.2, -0.15) is 0 Å². The molecule has 3 heterocycles. The molecule has 1 fully saturated rings. The highest BCUT2D eigenvalue weighted by atomic mass is 32.2. The zero-order valence-corrected chi connectivity index (χ0v) is 14.5. The minimum absolute atomic E-state index is 0.0859. The first kappa shape index (κ1) is 16.9. The van der Waals surface area contributed by atoms with Crippen LogP contribution < -0.4 is 0 Å². The van der Waals surface area contributed by atoms with Gasteiger partial charge < -0.3 is 14.2 Å². The molecule has 0 spiro atoms. The van der Waals surface area contributed by atoms with Gasteiger partial charge in [-0.15, -0.1) is 10.2 Å². The number of likely N-dealkylation sites (tertiary alicyclic amines) is 1. The summed E-state index contributed by atoms with van der Waals surface area (Å²) in [5, 5.41) is 8.56. The van der Waals surface area contributed by atoms with Crippen LogP contribution in [0.15, 0.2) is 36.0 Å². The van der Waals surface area contributed by atoms with Crippen molar-refractivity contribution < 1.29 is 9.53 Å². The molecular weight excluding hydrogens is 326 g/mol. The first-order valence-electron chi connectivity index (χ1n) is 7.97. The average molecular weight is 347 g/mol. The fraction of sp³-hybridized carbons (Fsp3) is 0.500. The fourth-order valence-corrected chi connectivity index (χ4v) is 3.41. The Morgan fingerprint density at radius 3 is 3.17 bits per heavy atom. The SMILES string of the molecule is Cn1cnnc1SCC(=O)N1CCC[C@H](OCc2cccnc2)C1. The highest BCUT2D eigenvalue weighted by Gasteiger charge is 2.24. The van der Waals surface area contributed by atoms with Gasteiger partial charge in [-0.05, 0) is 24.5 Å². The average Bonchev–Trinajstić information content (AvgIpc) is 3.04. The van der Waals surface area contributed by atoms with Gasteiger partial charge in [-0.1, -0.05) is 17.8 Å². The number of nitrogens with zero attached hydrogens (tertiary/aromatic N) is 5. The van der Waals surface area contributed by atoms with E-state index in [1.165, 1.54) is 11.8 Å². The van der Waals surface area contributed by atoms with Crippen molar-refractivity contribution in [3.05, 3.63) is 36.4 Å². The quantitative estimate of drug-likeness (QED) is 0.738. The minimum atomic E-state index is 0.0859. The lowest BCUT2D eigenvalue weighted by Gasteiger charge is -2.32. The van der Waals surface area contributed by atoms with E-state index >= 15 is 0 Å². The number of piperidine rings is 1. The van der Waals surface area contributed by atoms with Crippen molar-refractivity contribution in [2.75, 3.05) is 18.8 Å². The van der Waals surface area contributed by atoms with Crippen molar-refractivity contribution in [3.63, 3.8) is 0 Å². The van der Waals surface area contributed by atoms with Crippen molar-refractivity contribution >= 4 is 17.7 Å². The third-order valence-corrected chi connectivity index (χ3v) is 4.95. The summed E-state index contributed by atoms with van der Waals surface area (Å²) in [5.41, 5.74) is 1.05. The highest BCUT2D eigenvalue weighted by molar-refractivity contribution is 7.99. The lowest BCUT2D eigenvalue weighted by Crippen LogP contribution is -2.44. The Bertz CT molecular complexity index is 663. The first-order valence-corrected chi connectivity index (χ1v) is 8.96. The Labute approximate surface area is 145 Å². The molecule has 1 saturated heterocycles. The Morgan fingerprint density at radius 1 is 1.50 bits per heavy atom. The van der Waals surface area contributed by atoms with Gasteiger partial charge in [0.05, 0.1) is 18.5 Å². The largest absolute Gasteiger partial charge is 0.372 e. The van der Waals surface area contributed by atoms with Crippen molar-refractivity contribution in [3.8, 4) is 0 Å². The van der Waals surface area contributed by atoms with E-state index in [4.69, 9.17) is 4.74 Å². The molecule has 0 unspecified atom stereocenters. The fourth-order valence-electron chi connectivity index (χ4n) is 2.62. The number of hydrogen-bond donors (Lipinski definition) is 0. The molecule has 0 aromatic carbocycles. The molecule has 2 aromatic rings. The summed E-state index contributed by atoms with van der Waals surface area (Å²) in [5.74, 6) is 0.500. The van der Waals surface area contributed by atoms with Crippen LogP contribution in [0, 0.1) is 0 Å². The molecule has 8 heteroatoms. The number of pyridine rings is 1. The molecule has 1 aliphatic rings. The Hall–Kier alpha value is -1.93. The summed E-state index contributed by atoms with van der Waals surface area (Å²) in [6.45, 7) is 1.98. The number of amides is 1. The van der Waals surface area contributed by atoms with Crippen LogP contribution in [0.4, 0.5) is 0 Å². The smallest absolute Gasteiger partial charge is 0.233 e. The molecule has 3 rings (SSSR count). The second kappa shape index (κ2) is 8.25. The monoisotopic (exact) mass is 347 g/mol. The lowest BCUT2D eigenvalue weighted by molar-refractivity contribution is -0.132. The molecule has 0 radical (unpaired) electrons. The van der Waals surface area contributed by atoms with Crippen LogP contribution in [0.1, 0.15) is 18.4 Å². The molecule has 128 valence electrons. The van der Waals surface area contributed by atoms with Gasteiger partial charge in [0.1, 0.15) is 6.33 Å². The van der Waals surface area contributed by atoms with Gasteiger partial charge in [0, 0.05) is 32.5 Å². The predicted molar refractivity (Wildman–Crippen MR) is 90.4 cm³/mol. The second-order valence-corrected chi connectivity index (χ2v) is 6.73. The standard InChI is InChI=1S/C16H21N5O2S/c1-20-12-18-19-16(20)24-11-15(22)21-7-3-5-14(9-21)23-10-13-4-2-6-17-8-13/h2,4,6,8,12,14H,3,5,7,9-11H2,1H3/t14-/m0/s1.